The summed E-state index contributed by atoms with van der Waals surface area (Å²) in [5.74, 6) is -1.63. The number of rotatable bonds is 3. The number of nitrogens with one attached hydrogen (secondary N) is 1. The van der Waals surface area contributed by atoms with Crippen molar-refractivity contribution in [1.29, 1.82) is 0 Å². The Morgan fingerprint density at radius 1 is 1.00 bits per heavy atom. The fourth-order valence-electron chi connectivity index (χ4n) is 2.52. The van der Waals surface area contributed by atoms with Crippen LogP contribution in [-0.2, 0) is 0 Å². The van der Waals surface area contributed by atoms with Crippen LogP contribution in [0.25, 0.3) is 0 Å². The molecule has 3 rings (SSSR count). The largest absolute Gasteiger partial charge is 0.454 e. The number of halogens is 3. The van der Waals surface area contributed by atoms with Crippen molar-refractivity contribution in [2.75, 3.05) is 13.1 Å². The van der Waals surface area contributed by atoms with Gasteiger partial charge in [-0.05, 0) is 43.1 Å². The second kappa shape index (κ2) is 6.40. The van der Waals surface area contributed by atoms with Crippen LogP contribution in [0, 0.1) is 23.4 Å². The predicted octanol–water partition coefficient (Wildman–Crippen LogP) is 4.20. The first-order valence-corrected chi connectivity index (χ1v) is 7.12. The van der Waals surface area contributed by atoms with Gasteiger partial charge < -0.3 is 10.1 Å². The molecular formula is C17H15F3NO. The van der Waals surface area contributed by atoms with Crippen LogP contribution in [0.1, 0.15) is 18.4 Å². The lowest BCUT2D eigenvalue weighted by atomic mass is 9.91. The second-order valence-electron chi connectivity index (χ2n) is 5.18. The van der Waals surface area contributed by atoms with E-state index in [0.717, 1.165) is 31.4 Å². The maximum atomic E-state index is 14.2. The Kier molecular flexibility index (Phi) is 4.34. The lowest BCUT2D eigenvalue weighted by Gasteiger charge is -2.23. The first-order chi connectivity index (χ1) is 10.6. The van der Waals surface area contributed by atoms with Crippen molar-refractivity contribution >= 4 is 0 Å². The highest BCUT2D eigenvalue weighted by molar-refractivity contribution is 5.40. The number of hydrogen-bond acceptors (Lipinski definition) is 2. The van der Waals surface area contributed by atoms with Crippen LogP contribution in [-0.4, -0.2) is 13.1 Å². The van der Waals surface area contributed by atoms with E-state index in [4.69, 9.17) is 4.74 Å². The van der Waals surface area contributed by atoms with Gasteiger partial charge in [0.1, 0.15) is 11.6 Å². The van der Waals surface area contributed by atoms with Gasteiger partial charge in [0.25, 0.3) is 0 Å². The fourth-order valence-corrected chi connectivity index (χ4v) is 2.52. The molecule has 1 aliphatic heterocycles. The first-order valence-electron chi connectivity index (χ1n) is 7.12. The fraction of sp³-hybridized carbons (Fsp3) is 0.235. The lowest BCUT2D eigenvalue weighted by molar-refractivity contribution is 0.413. The topological polar surface area (TPSA) is 21.3 Å². The van der Waals surface area contributed by atoms with Crippen molar-refractivity contribution in [2.24, 2.45) is 0 Å². The van der Waals surface area contributed by atoms with Crippen molar-refractivity contribution in [3.8, 4) is 11.5 Å². The summed E-state index contributed by atoms with van der Waals surface area (Å²) in [5, 5.41) is 3.20. The van der Waals surface area contributed by atoms with Crippen LogP contribution in [0.3, 0.4) is 0 Å². The number of ether oxygens (including phenoxy) is 1. The van der Waals surface area contributed by atoms with Gasteiger partial charge in [-0.25, -0.2) is 8.78 Å². The molecule has 22 heavy (non-hydrogen) atoms. The van der Waals surface area contributed by atoms with E-state index in [1.165, 1.54) is 18.2 Å². The summed E-state index contributed by atoms with van der Waals surface area (Å²) < 4.78 is 46.1. The molecule has 0 saturated carbocycles. The van der Waals surface area contributed by atoms with Gasteiger partial charge in [-0.1, -0.05) is 12.1 Å². The zero-order chi connectivity index (χ0) is 15.5. The van der Waals surface area contributed by atoms with E-state index in [1.807, 2.05) is 0 Å². The van der Waals surface area contributed by atoms with E-state index in [0.29, 0.717) is 12.1 Å². The molecule has 0 spiro atoms. The van der Waals surface area contributed by atoms with Gasteiger partial charge in [0.2, 0.25) is 5.82 Å². The number of hydrogen-bond donors (Lipinski definition) is 1. The SMILES string of the molecule is Fc1cc(Oc2cccc(F)c2F)ccc1[C]1CCCNC1. The van der Waals surface area contributed by atoms with Gasteiger partial charge in [0.05, 0.1) is 0 Å². The van der Waals surface area contributed by atoms with Gasteiger partial charge in [-0.15, -0.1) is 0 Å². The van der Waals surface area contributed by atoms with Crippen LogP contribution in [0.4, 0.5) is 13.2 Å². The quantitative estimate of drug-likeness (QED) is 0.917. The Morgan fingerprint density at radius 3 is 2.59 bits per heavy atom. The van der Waals surface area contributed by atoms with Gasteiger partial charge >= 0.3 is 0 Å². The molecule has 2 aromatic carbocycles. The third kappa shape index (κ3) is 3.09. The maximum absolute atomic E-state index is 14.2. The van der Waals surface area contributed by atoms with E-state index in [2.05, 4.69) is 5.32 Å². The Labute approximate surface area is 126 Å². The molecule has 0 bridgehead atoms. The summed E-state index contributed by atoms with van der Waals surface area (Å²) in [6.45, 7) is 1.60. The number of benzene rings is 2. The summed E-state index contributed by atoms with van der Waals surface area (Å²) in [5.41, 5.74) is 0.541. The van der Waals surface area contributed by atoms with Gasteiger partial charge in [-0.3, -0.25) is 0 Å². The molecule has 1 N–H and O–H groups in total. The van der Waals surface area contributed by atoms with Gasteiger partial charge in [-0.2, -0.15) is 4.39 Å². The minimum atomic E-state index is -1.09. The molecule has 0 aliphatic carbocycles. The molecule has 1 heterocycles. The number of piperidine rings is 1. The standard InChI is InChI=1S/C17H15F3NO/c18-14-4-1-5-16(17(14)20)22-12-6-7-13(15(19)9-12)11-3-2-8-21-10-11/h1,4-7,9,21H,2-3,8,10H2. The summed E-state index contributed by atoms with van der Waals surface area (Å²) >= 11 is 0. The minimum absolute atomic E-state index is 0.134. The van der Waals surface area contributed by atoms with Crippen LogP contribution in [0.2, 0.25) is 0 Å². The summed E-state index contributed by atoms with van der Waals surface area (Å²) in [4.78, 5) is 0. The van der Waals surface area contributed by atoms with Crippen LogP contribution < -0.4 is 10.1 Å². The van der Waals surface area contributed by atoms with E-state index >= 15 is 0 Å². The summed E-state index contributed by atoms with van der Waals surface area (Å²) in [6, 6.07) is 8.00. The van der Waals surface area contributed by atoms with Crippen molar-refractivity contribution in [3.63, 3.8) is 0 Å². The average molecular weight is 306 g/mol. The predicted molar refractivity (Wildman–Crippen MR) is 77.3 cm³/mol. The molecule has 0 amide bonds. The van der Waals surface area contributed by atoms with Crippen LogP contribution >= 0.6 is 0 Å². The zero-order valence-electron chi connectivity index (χ0n) is 11.8. The average Bonchev–Trinajstić information content (AvgIpc) is 2.53. The maximum Gasteiger partial charge on any atom is 0.201 e. The van der Waals surface area contributed by atoms with Crippen molar-refractivity contribution < 1.29 is 17.9 Å². The third-order valence-corrected chi connectivity index (χ3v) is 3.64. The molecule has 0 unspecified atom stereocenters. The van der Waals surface area contributed by atoms with Gasteiger partial charge in [0.15, 0.2) is 11.6 Å². The van der Waals surface area contributed by atoms with E-state index < -0.39 is 17.5 Å². The Bertz CT molecular complexity index is 669. The van der Waals surface area contributed by atoms with Crippen molar-refractivity contribution in [2.45, 2.75) is 12.8 Å². The Morgan fingerprint density at radius 2 is 1.86 bits per heavy atom. The molecule has 1 saturated heterocycles. The normalized spacial score (nSPS) is 15.8. The second-order valence-corrected chi connectivity index (χ2v) is 5.18. The molecule has 1 fully saturated rings. The monoisotopic (exact) mass is 306 g/mol. The van der Waals surface area contributed by atoms with Crippen LogP contribution in [0.5, 0.6) is 11.5 Å². The molecular weight excluding hydrogens is 291 g/mol. The highest BCUT2D eigenvalue weighted by Crippen LogP contribution is 2.30. The highest BCUT2D eigenvalue weighted by Gasteiger charge is 2.20. The molecule has 0 aromatic heterocycles. The van der Waals surface area contributed by atoms with E-state index in [1.54, 1.807) is 12.1 Å². The lowest BCUT2D eigenvalue weighted by Crippen LogP contribution is -2.29. The molecule has 0 atom stereocenters. The van der Waals surface area contributed by atoms with Crippen LogP contribution in [0.15, 0.2) is 36.4 Å². The van der Waals surface area contributed by atoms with Crippen molar-refractivity contribution in [3.05, 3.63) is 65.3 Å². The molecule has 1 aliphatic rings. The Balaban J connectivity index is 1.81. The molecule has 2 nitrogen and oxygen atoms in total. The van der Waals surface area contributed by atoms with Crippen molar-refractivity contribution in [1.82, 2.24) is 5.32 Å². The van der Waals surface area contributed by atoms with Gasteiger partial charge in [0, 0.05) is 18.5 Å². The molecule has 5 heteroatoms. The third-order valence-electron chi connectivity index (χ3n) is 3.64. The molecule has 2 aromatic rings. The summed E-state index contributed by atoms with van der Waals surface area (Å²) in [7, 11) is 0. The molecule has 115 valence electrons. The molecule has 1 radical (unpaired) electrons. The van der Waals surface area contributed by atoms with E-state index in [9.17, 15) is 13.2 Å². The zero-order valence-corrected chi connectivity index (χ0v) is 11.8. The summed E-state index contributed by atoms with van der Waals surface area (Å²) in [6.07, 6.45) is 1.82. The smallest absolute Gasteiger partial charge is 0.201 e. The van der Waals surface area contributed by atoms with E-state index in [-0.39, 0.29) is 11.5 Å². The minimum Gasteiger partial charge on any atom is -0.454 e. The highest BCUT2D eigenvalue weighted by atomic mass is 19.2. The Hall–Kier alpha value is -2.01. The first kappa shape index (κ1) is 14.9.